The topological polar surface area (TPSA) is 73.8 Å². The van der Waals surface area contributed by atoms with Gasteiger partial charge < -0.3 is 4.42 Å². The Bertz CT molecular complexity index is 1250. The Morgan fingerprint density at radius 1 is 1.17 bits per heavy atom. The predicted octanol–water partition coefficient (Wildman–Crippen LogP) is 5.15. The molecule has 0 unspecified atom stereocenters. The van der Waals surface area contributed by atoms with Crippen molar-refractivity contribution in [2.45, 2.75) is 37.6 Å². The smallest absolute Gasteiger partial charge is 0.266 e. The molecule has 29 heavy (non-hydrogen) atoms. The van der Waals surface area contributed by atoms with Gasteiger partial charge in [-0.2, -0.15) is 0 Å². The summed E-state index contributed by atoms with van der Waals surface area (Å²) in [5.74, 6) is 1.64. The highest BCUT2D eigenvalue weighted by molar-refractivity contribution is 7.98. The van der Waals surface area contributed by atoms with Crippen LogP contribution in [0, 0.1) is 6.92 Å². The third-order valence-corrected chi connectivity index (χ3v) is 5.65. The number of rotatable bonds is 5. The number of hydrogen-bond acceptors (Lipinski definition) is 6. The standard InChI is InChI=1S/C21H19ClN4O2S/c1-12(2)15-6-4-5-7-18(15)26-20(27)16-9-8-14(22)10-17(16)23-21(26)29-11-19-25-24-13(3)28-19/h4-10,12H,11H2,1-3H3. The number of thioether (sulfide) groups is 1. The van der Waals surface area contributed by atoms with Gasteiger partial charge in [-0.05, 0) is 35.7 Å². The number of aromatic nitrogens is 4. The summed E-state index contributed by atoms with van der Waals surface area (Å²) in [5, 5.41) is 9.50. The molecule has 2 aromatic carbocycles. The molecule has 0 amide bonds. The SMILES string of the molecule is Cc1nnc(CSc2nc3cc(Cl)ccc3c(=O)n2-c2ccccc2C(C)C)o1. The van der Waals surface area contributed by atoms with Crippen LogP contribution in [-0.2, 0) is 5.75 Å². The van der Waals surface area contributed by atoms with Gasteiger partial charge in [0.1, 0.15) is 0 Å². The van der Waals surface area contributed by atoms with Gasteiger partial charge in [0.05, 0.1) is 22.3 Å². The molecule has 2 aromatic heterocycles. The van der Waals surface area contributed by atoms with Crippen LogP contribution >= 0.6 is 23.4 Å². The Balaban J connectivity index is 1.92. The second-order valence-electron chi connectivity index (χ2n) is 6.91. The average Bonchev–Trinajstić information content (AvgIpc) is 3.11. The Labute approximate surface area is 176 Å². The molecule has 0 bridgehead atoms. The number of nitrogens with zero attached hydrogens (tertiary/aromatic N) is 4. The van der Waals surface area contributed by atoms with Crippen LogP contribution < -0.4 is 5.56 Å². The number of hydrogen-bond donors (Lipinski definition) is 0. The van der Waals surface area contributed by atoms with Gasteiger partial charge in [0.25, 0.3) is 5.56 Å². The van der Waals surface area contributed by atoms with E-state index in [0.717, 1.165) is 11.3 Å². The van der Waals surface area contributed by atoms with Crippen LogP contribution in [0.25, 0.3) is 16.6 Å². The lowest BCUT2D eigenvalue weighted by Crippen LogP contribution is -2.23. The van der Waals surface area contributed by atoms with Gasteiger partial charge in [-0.25, -0.2) is 4.98 Å². The molecule has 0 radical (unpaired) electrons. The average molecular weight is 427 g/mol. The number of aryl methyl sites for hydroxylation is 1. The van der Waals surface area contributed by atoms with Gasteiger partial charge in [-0.15, -0.1) is 10.2 Å². The fourth-order valence-corrected chi connectivity index (χ4v) is 4.16. The monoisotopic (exact) mass is 426 g/mol. The zero-order valence-corrected chi connectivity index (χ0v) is 17.8. The predicted molar refractivity (Wildman–Crippen MR) is 115 cm³/mol. The first-order valence-corrected chi connectivity index (χ1v) is 10.5. The fraction of sp³-hybridized carbons (Fsp3) is 0.238. The summed E-state index contributed by atoms with van der Waals surface area (Å²) in [7, 11) is 0. The fourth-order valence-electron chi connectivity index (χ4n) is 3.15. The highest BCUT2D eigenvalue weighted by Gasteiger charge is 2.18. The van der Waals surface area contributed by atoms with Crippen molar-refractivity contribution in [3.05, 3.63) is 75.2 Å². The van der Waals surface area contributed by atoms with Gasteiger partial charge >= 0.3 is 0 Å². The van der Waals surface area contributed by atoms with E-state index in [9.17, 15) is 4.79 Å². The summed E-state index contributed by atoms with van der Waals surface area (Å²) in [4.78, 5) is 18.2. The molecular formula is C21H19ClN4O2S. The largest absolute Gasteiger partial charge is 0.425 e. The molecule has 2 heterocycles. The number of para-hydroxylation sites is 1. The lowest BCUT2D eigenvalue weighted by Gasteiger charge is -2.18. The van der Waals surface area contributed by atoms with Crippen LogP contribution in [0.1, 0.15) is 37.1 Å². The lowest BCUT2D eigenvalue weighted by molar-refractivity contribution is 0.485. The summed E-state index contributed by atoms with van der Waals surface area (Å²) >= 11 is 7.51. The summed E-state index contributed by atoms with van der Waals surface area (Å²) in [6, 6.07) is 13.0. The minimum Gasteiger partial charge on any atom is -0.425 e. The van der Waals surface area contributed by atoms with Gasteiger partial charge in [-0.1, -0.05) is 55.4 Å². The number of fused-ring (bicyclic) bond motifs is 1. The summed E-state index contributed by atoms with van der Waals surface area (Å²) in [6.07, 6.45) is 0. The molecule has 0 saturated carbocycles. The van der Waals surface area contributed by atoms with Crippen LogP contribution in [0.3, 0.4) is 0 Å². The summed E-state index contributed by atoms with van der Waals surface area (Å²) in [6.45, 7) is 5.95. The molecule has 0 saturated heterocycles. The maximum atomic E-state index is 13.5. The van der Waals surface area contributed by atoms with Gasteiger partial charge in [0, 0.05) is 11.9 Å². The highest BCUT2D eigenvalue weighted by atomic mass is 35.5. The van der Waals surface area contributed by atoms with E-state index in [1.165, 1.54) is 11.8 Å². The molecular weight excluding hydrogens is 408 g/mol. The first-order chi connectivity index (χ1) is 13.9. The Kier molecular flexibility index (Phi) is 5.43. The molecule has 4 aromatic rings. The van der Waals surface area contributed by atoms with E-state index in [1.807, 2.05) is 24.3 Å². The lowest BCUT2D eigenvalue weighted by atomic mass is 10.0. The van der Waals surface area contributed by atoms with Crippen LogP contribution in [-0.4, -0.2) is 19.7 Å². The first kappa shape index (κ1) is 19.7. The Hall–Kier alpha value is -2.64. The van der Waals surface area contributed by atoms with Crippen molar-refractivity contribution in [3.63, 3.8) is 0 Å². The van der Waals surface area contributed by atoms with E-state index in [4.69, 9.17) is 21.0 Å². The maximum Gasteiger partial charge on any atom is 0.266 e. The normalized spacial score (nSPS) is 11.5. The minimum absolute atomic E-state index is 0.135. The zero-order chi connectivity index (χ0) is 20.5. The molecule has 4 rings (SSSR count). The molecule has 0 aliphatic rings. The van der Waals surface area contributed by atoms with E-state index in [2.05, 4.69) is 24.0 Å². The van der Waals surface area contributed by atoms with E-state index >= 15 is 0 Å². The van der Waals surface area contributed by atoms with Crippen molar-refractivity contribution in [2.75, 3.05) is 0 Å². The molecule has 8 heteroatoms. The van der Waals surface area contributed by atoms with Crippen molar-refractivity contribution in [1.82, 2.24) is 19.7 Å². The van der Waals surface area contributed by atoms with E-state index in [-0.39, 0.29) is 11.5 Å². The summed E-state index contributed by atoms with van der Waals surface area (Å²) < 4.78 is 7.14. The second-order valence-corrected chi connectivity index (χ2v) is 8.29. The first-order valence-electron chi connectivity index (χ1n) is 9.17. The van der Waals surface area contributed by atoms with Crippen molar-refractivity contribution < 1.29 is 4.42 Å². The Morgan fingerprint density at radius 2 is 1.97 bits per heavy atom. The van der Waals surface area contributed by atoms with Crippen molar-refractivity contribution in [1.29, 1.82) is 0 Å². The quantitative estimate of drug-likeness (QED) is 0.324. The van der Waals surface area contributed by atoms with E-state index in [0.29, 0.717) is 38.6 Å². The van der Waals surface area contributed by atoms with Crippen LogP contribution in [0.5, 0.6) is 0 Å². The van der Waals surface area contributed by atoms with E-state index < -0.39 is 0 Å². The van der Waals surface area contributed by atoms with Crippen molar-refractivity contribution >= 4 is 34.3 Å². The third kappa shape index (κ3) is 3.93. The van der Waals surface area contributed by atoms with Crippen LogP contribution in [0.15, 0.2) is 56.8 Å². The Morgan fingerprint density at radius 3 is 2.69 bits per heavy atom. The third-order valence-electron chi connectivity index (χ3n) is 4.49. The number of benzene rings is 2. The molecule has 0 N–H and O–H groups in total. The minimum atomic E-state index is -0.135. The molecule has 0 aliphatic carbocycles. The molecule has 0 aliphatic heterocycles. The van der Waals surface area contributed by atoms with E-state index in [1.54, 1.807) is 29.7 Å². The summed E-state index contributed by atoms with van der Waals surface area (Å²) in [5.41, 5.74) is 2.32. The number of halogens is 1. The molecule has 0 spiro atoms. The van der Waals surface area contributed by atoms with Gasteiger partial charge in [-0.3, -0.25) is 9.36 Å². The molecule has 148 valence electrons. The van der Waals surface area contributed by atoms with Crippen LogP contribution in [0.2, 0.25) is 5.02 Å². The van der Waals surface area contributed by atoms with Gasteiger partial charge in [0.15, 0.2) is 5.16 Å². The molecule has 0 atom stereocenters. The molecule has 6 nitrogen and oxygen atoms in total. The maximum absolute atomic E-state index is 13.5. The molecule has 0 fully saturated rings. The van der Waals surface area contributed by atoms with Crippen molar-refractivity contribution in [2.24, 2.45) is 0 Å². The zero-order valence-electron chi connectivity index (χ0n) is 16.2. The van der Waals surface area contributed by atoms with Gasteiger partial charge in [0.2, 0.25) is 11.8 Å². The van der Waals surface area contributed by atoms with Crippen molar-refractivity contribution in [3.8, 4) is 5.69 Å². The highest BCUT2D eigenvalue weighted by Crippen LogP contribution is 2.29. The second kappa shape index (κ2) is 8.00. The van der Waals surface area contributed by atoms with Crippen LogP contribution in [0.4, 0.5) is 0 Å².